The summed E-state index contributed by atoms with van der Waals surface area (Å²) in [6, 6.07) is 3.70. The summed E-state index contributed by atoms with van der Waals surface area (Å²) in [5, 5.41) is 13.5. The summed E-state index contributed by atoms with van der Waals surface area (Å²) in [5.74, 6) is 0.424. The van der Waals surface area contributed by atoms with Crippen LogP contribution in [0.4, 0.5) is 5.69 Å². The van der Waals surface area contributed by atoms with Crippen LogP contribution < -0.4 is 10.1 Å². The minimum Gasteiger partial charge on any atom is -0.483 e. The number of hydrogen-bond acceptors (Lipinski definition) is 5. The summed E-state index contributed by atoms with van der Waals surface area (Å²) >= 11 is 0. The fourth-order valence-corrected chi connectivity index (χ4v) is 1.99. The van der Waals surface area contributed by atoms with E-state index in [4.69, 9.17) is 4.74 Å². The monoisotopic (exact) mass is 322 g/mol. The van der Waals surface area contributed by atoms with Crippen LogP contribution in [0.1, 0.15) is 44.0 Å². The van der Waals surface area contributed by atoms with Crippen molar-refractivity contribution in [2.75, 3.05) is 6.61 Å². The number of benzene rings is 1. The number of non-ortho nitro benzene ring substituents is 1. The Labute approximate surface area is 135 Å². The molecule has 0 saturated heterocycles. The summed E-state index contributed by atoms with van der Waals surface area (Å²) in [5.41, 5.74) is -0.161. The van der Waals surface area contributed by atoms with Crippen LogP contribution in [0.3, 0.4) is 0 Å². The molecule has 0 aromatic heterocycles. The molecule has 7 nitrogen and oxygen atoms in total. The molecule has 126 valence electrons. The summed E-state index contributed by atoms with van der Waals surface area (Å²) < 4.78 is 5.29. The van der Waals surface area contributed by atoms with Crippen molar-refractivity contribution >= 4 is 17.9 Å². The molecule has 1 rings (SSSR count). The van der Waals surface area contributed by atoms with Crippen LogP contribution in [0, 0.1) is 16.0 Å². The quantitative estimate of drug-likeness (QED) is 0.428. The van der Waals surface area contributed by atoms with Gasteiger partial charge in [0, 0.05) is 18.2 Å². The highest BCUT2D eigenvalue weighted by atomic mass is 16.6. The predicted molar refractivity (Wildman–Crippen MR) is 85.7 cm³/mol. The number of aldehydes is 1. The molecule has 0 saturated carbocycles. The van der Waals surface area contributed by atoms with Gasteiger partial charge < -0.3 is 10.1 Å². The number of nitro groups is 1. The lowest BCUT2D eigenvalue weighted by Crippen LogP contribution is -2.36. The smallest absolute Gasteiger partial charge is 0.270 e. The third kappa shape index (κ3) is 6.46. The number of nitrogens with zero attached hydrogens (tertiary/aromatic N) is 1. The van der Waals surface area contributed by atoms with Crippen LogP contribution in [0.5, 0.6) is 5.75 Å². The van der Waals surface area contributed by atoms with Gasteiger partial charge in [-0.05, 0) is 31.7 Å². The fraction of sp³-hybridized carbons (Fsp3) is 0.500. The van der Waals surface area contributed by atoms with E-state index >= 15 is 0 Å². The Kier molecular flexibility index (Phi) is 7.18. The van der Waals surface area contributed by atoms with Crippen molar-refractivity contribution in [3.8, 4) is 5.75 Å². The predicted octanol–water partition coefficient (Wildman–Crippen LogP) is 2.73. The van der Waals surface area contributed by atoms with Gasteiger partial charge in [-0.2, -0.15) is 0 Å². The van der Waals surface area contributed by atoms with Crippen LogP contribution in [0.2, 0.25) is 0 Å². The molecule has 7 heteroatoms. The van der Waals surface area contributed by atoms with Gasteiger partial charge in [-0.15, -0.1) is 0 Å². The zero-order chi connectivity index (χ0) is 17.4. The van der Waals surface area contributed by atoms with E-state index in [1.54, 1.807) is 0 Å². The van der Waals surface area contributed by atoms with E-state index in [0.29, 0.717) is 12.2 Å². The highest BCUT2D eigenvalue weighted by Gasteiger charge is 2.13. The summed E-state index contributed by atoms with van der Waals surface area (Å²) in [6.45, 7) is 5.91. The molecule has 0 fully saturated rings. The Balaban J connectivity index is 2.55. The topological polar surface area (TPSA) is 98.5 Å². The average Bonchev–Trinajstić information content (AvgIpc) is 2.50. The van der Waals surface area contributed by atoms with Gasteiger partial charge in [0.2, 0.25) is 0 Å². The maximum Gasteiger partial charge on any atom is 0.270 e. The van der Waals surface area contributed by atoms with Crippen molar-refractivity contribution in [1.82, 2.24) is 5.32 Å². The minimum atomic E-state index is -0.597. The lowest BCUT2D eigenvalue weighted by molar-refractivity contribution is -0.384. The zero-order valence-electron chi connectivity index (χ0n) is 13.6. The maximum absolute atomic E-state index is 11.8. The summed E-state index contributed by atoms with van der Waals surface area (Å²) in [6.07, 6.45) is 2.35. The Morgan fingerprint density at radius 2 is 2.04 bits per heavy atom. The van der Waals surface area contributed by atoms with Crippen LogP contribution in [-0.2, 0) is 4.79 Å². The third-order valence-corrected chi connectivity index (χ3v) is 3.27. The first-order valence-corrected chi connectivity index (χ1v) is 7.49. The zero-order valence-corrected chi connectivity index (χ0v) is 13.6. The number of amides is 1. The van der Waals surface area contributed by atoms with Gasteiger partial charge in [0.15, 0.2) is 12.9 Å². The van der Waals surface area contributed by atoms with E-state index in [0.717, 1.165) is 18.9 Å². The Hall–Kier alpha value is -2.44. The molecule has 1 amide bonds. The van der Waals surface area contributed by atoms with Gasteiger partial charge in [0.25, 0.3) is 11.6 Å². The highest BCUT2D eigenvalue weighted by Crippen LogP contribution is 2.22. The van der Waals surface area contributed by atoms with Gasteiger partial charge >= 0.3 is 0 Å². The van der Waals surface area contributed by atoms with Gasteiger partial charge in [-0.25, -0.2) is 0 Å². The van der Waals surface area contributed by atoms with Crippen molar-refractivity contribution in [3.63, 3.8) is 0 Å². The lowest BCUT2D eigenvalue weighted by Gasteiger charge is -2.15. The van der Waals surface area contributed by atoms with E-state index < -0.39 is 4.92 Å². The number of nitrogens with one attached hydrogen (secondary N) is 1. The molecule has 0 aliphatic carbocycles. The van der Waals surface area contributed by atoms with Crippen molar-refractivity contribution in [2.24, 2.45) is 5.92 Å². The first-order chi connectivity index (χ1) is 10.8. The molecule has 0 heterocycles. The molecular formula is C16H22N2O5. The van der Waals surface area contributed by atoms with Crippen molar-refractivity contribution < 1.29 is 19.2 Å². The standard InChI is InChI=1S/C16H22N2O5/c1-11(2)4-5-12(3)17-16(20)10-23-15-7-6-14(18(21)22)8-13(15)9-19/h6-9,11-12H,4-5,10H2,1-3H3,(H,17,20)/t12-/m1/s1. The second-order valence-electron chi connectivity index (χ2n) is 5.83. The molecule has 0 aliphatic heterocycles. The number of rotatable bonds is 9. The summed E-state index contributed by atoms with van der Waals surface area (Å²) in [7, 11) is 0. The normalized spacial score (nSPS) is 11.8. The number of carbonyl (C=O) groups is 2. The Bertz CT molecular complexity index is 572. The van der Waals surface area contributed by atoms with Crippen molar-refractivity contribution in [1.29, 1.82) is 0 Å². The highest BCUT2D eigenvalue weighted by molar-refractivity contribution is 5.82. The maximum atomic E-state index is 11.8. The van der Waals surface area contributed by atoms with Gasteiger partial charge in [-0.3, -0.25) is 19.7 Å². The molecule has 0 bridgehead atoms. The molecule has 0 radical (unpaired) electrons. The number of hydrogen-bond donors (Lipinski definition) is 1. The first kappa shape index (κ1) is 18.6. The molecule has 0 aliphatic rings. The van der Waals surface area contributed by atoms with E-state index in [9.17, 15) is 19.7 Å². The lowest BCUT2D eigenvalue weighted by atomic mass is 10.0. The van der Waals surface area contributed by atoms with E-state index in [-0.39, 0.29) is 35.6 Å². The second kappa shape index (κ2) is 8.87. The molecule has 23 heavy (non-hydrogen) atoms. The molecule has 0 unspecified atom stereocenters. The van der Waals surface area contributed by atoms with Gasteiger partial charge in [0.1, 0.15) is 5.75 Å². The molecular weight excluding hydrogens is 300 g/mol. The number of ether oxygens (including phenoxy) is 1. The molecule has 1 aromatic carbocycles. The molecule has 0 spiro atoms. The largest absolute Gasteiger partial charge is 0.483 e. The second-order valence-corrected chi connectivity index (χ2v) is 5.83. The van der Waals surface area contributed by atoms with Crippen LogP contribution in [0.15, 0.2) is 18.2 Å². The minimum absolute atomic E-state index is 0.0379. The van der Waals surface area contributed by atoms with Crippen molar-refractivity contribution in [2.45, 2.75) is 39.7 Å². The van der Waals surface area contributed by atoms with Gasteiger partial charge in [0.05, 0.1) is 10.5 Å². The Morgan fingerprint density at radius 1 is 1.35 bits per heavy atom. The fourth-order valence-electron chi connectivity index (χ4n) is 1.99. The first-order valence-electron chi connectivity index (χ1n) is 7.49. The van der Waals surface area contributed by atoms with E-state index in [2.05, 4.69) is 19.2 Å². The molecule has 1 aromatic rings. The third-order valence-electron chi connectivity index (χ3n) is 3.27. The number of carbonyl (C=O) groups excluding carboxylic acids is 2. The van der Waals surface area contributed by atoms with Gasteiger partial charge in [-0.1, -0.05) is 13.8 Å². The Morgan fingerprint density at radius 3 is 2.61 bits per heavy atom. The van der Waals surface area contributed by atoms with Crippen molar-refractivity contribution in [3.05, 3.63) is 33.9 Å². The van der Waals surface area contributed by atoms with Crippen LogP contribution in [0.25, 0.3) is 0 Å². The molecule has 1 atom stereocenters. The summed E-state index contributed by atoms with van der Waals surface area (Å²) in [4.78, 5) is 32.8. The number of nitro benzene ring substituents is 1. The van der Waals surface area contributed by atoms with E-state index in [1.165, 1.54) is 12.1 Å². The molecule has 1 N–H and O–H groups in total. The van der Waals surface area contributed by atoms with Crippen LogP contribution in [-0.4, -0.2) is 29.8 Å². The SMILES string of the molecule is CC(C)CC[C@@H](C)NC(=O)COc1ccc([N+](=O)[O-])cc1C=O. The van der Waals surface area contributed by atoms with Crippen LogP contribution >= 0.6 is 0 Å². The average molecular weight is 322 g/mol. The van der Waals surface area contributed by atoms with E-state index in [1.807, 2.05) is 6.92 Å².